The SMILES string of the molecule is CCC(C)(Sc1nccc(-c2ccccn2)n1)C(=O)O. The maximum atomic E-state index is 11.3. The van der Waals surface area contributed by atoms with E-state index in [2.05, 4.69) is 15.0 Å². The Morgan fingerprint density at radius 3 is 2.65 bits per heavy atom. The minimum absolute atomic E-state index is 0.444. The van der Waals surface area contributed by atoms with Crippen LogP contribution in [0.25, 0.3) is 11.4 Å². The Balaban J connectivity index is 2.29. The van der Waals surface area contributed by atoms with Crippen LogP contribution in [0, 0.1) is 0 Å². The van der Waals surface area contributed by atoms with E-state index < -0.39 is 10.7 Å². The minimum Gasteiger partial charge on any atom is -0.480 e. The van der Waals surface area contributed by atoms with Gasteiger partial charge in [0.05, 0.1) is 11.4 Å². The maximum absolute atomic E-state index is 11.3. The number of carbonyl (C=O) groups is 1. The van der Waals surface area contributed by atoms with E-state index >= 15 is 0 Å². The quantitative estimate of drug-likeness (QED) is 0.673. The van der Waals surface area contributed by atoms with E-state index in [1.807, 2.05) is 25.1 Å². The molecule has 5 nitrogen and oxygen atoms in total. The summed E-state index contributed by atoms with van der Waals surface area (Å²) in [6.07, 6.45) is 3.80. The lowest BCUT2D eigenvalue weighted by molar-refractivity contribution is -0.139. The third kappa shape index (κ3) is 3.14. The first-order valence-corrected chi connectivity index (χ1v) is 7.03. The molecule has 0 saturated carbocycles. The van der Waals surface area contributed by atoms with Gasteiger partial charge in [-0.05, 0) is 31.5 Å². The molecule has 2 aromatic heterocycles. The average Bonchev–Trinajstić information content (AvgIpc) is 2.48. The molecule has 1 unspecified atom stereocenters. The van der Waals surface area contributed by atoms with Crippen LogP contribution in [-0.2, 0) is 4.79 Å². The summed E-state index contributed by atoms with van der Waals surface area (Å²) in [5, 5.41) is 9.74. The Morgan fingerprint density at radius 2 is 2.05 bits per heavy atom. The van der Waals surface area contributed by atoms with Gasteiger partial charge in [-0.15, -0.1) is 0 Å². The van der Waals surface area contributed by atoms with Gasteiger partial charge in [-0.3, -0.25) is 9.78 Å². The summed E-state index contributed by atoms with van der Waals surface area (Å²) in [6.45, 7) is 3.51. The lowest BCUT2D eigenvalue weighted by Gasteiger charge is -2.20. The Kier molecular flexibility index (Phi) is 4.34. The third-order valence-electron chi connectivity index (χ3n) is 3.00. The van der Waals surface area contributed by atoms with Crippen LogP contribution in [0.2, 0.25) is 0 Å². The van der Waals surface area contributed by atoms with Gasteiger partial charge >= 0.3 is 5.97 Å². The molecule has 0 fully saturated rings. The zero-order valence-corrected chi connectivity index (χ0v) is 12.1. The first-order valence-electron chi connectivity index (χ1n) is 6.22. The van der Waals surface area contributed by atoms with Gasteiger partial charge in [0.25, 0.3) is 0 Å². The number of carboxylic acid groups (broad SMARTS) is 1. The summed E-state index contributed by atoms with van der Waals surface area (Å²) < 4.78 is -0.928. The van der Waals surface area contributed by atoms with Crippen LogP contribution in [0.1, 0.15) is 20.3 Å². The van der Waals surface area contributed by atoms with Crippen molar-refractivity contribution in [3.05, 3.63) is 36.7 Å². The zero-order valence-electron chi connectivity index (χ0n) is 11.3. The molecule has 0 aliphatic heterocycles. The van der Waals surface area contributed by atoms with Crippen molar-refractivity contribution in [1.82, 2.24) is 15.0 Å². The molecule has 20 heavy (non-hydrogen) atoms. The molecule has 1 atom stereocenters. The molecular weight excluding hydrogens is 274 g/mol. The summed E-state index contributed by atoms with van der Waals surface area (Å²) in [4.78, 5) is 24.1. The van der Waals surface area contributed by atoms with Gasteiger partial charge in [-0.2, -0.15) is 0 Å². The molecular formula is C14H15N3O2S. The molecule has 0 aliphatic rings. The van der Waals surface area contributed by atoms with Gasteiger partial charge in [0.1, 0.15) is 4.75 Å². The smallest absolute Gasteiger partial charge is 0.319 e. The fourth-order valence-electron chi connectivity index (χ4n) is 1.52. The number of pyridine rings is 1. The molecule has 2 heterocycles. The zero-order chi connectivity index (χ0) is 14.6. The number of hydrogen-bond donors (Lipinski definition) is 1. The second-order valence-electron chi connectivity index (χ2n) is 4.43. The van der Waals surface area contributed by atoms with Crippen LogP contribution in [0.3, 0.4) is 0 Å². The fourth-order valence-corrected chi connectivity index (χ4v) is 2.41. The van der Waals surface area contributed by atoms with E-state index in [1.54, 1.807) is 25.4 Å². The number of carboxylic acids is 1. The molecule has 2 aromatic rings. The minimum atomic E-state index is -0.928. The molecule has 0 spiro atoms. The molecule has 104 valence electrons. The van der Waals surface area contributed by atoms with Crippen LogP contribution in [-0.4, -0.2) is 30.8 Å². The van der Waals surface area contributed by atoms with Gasteiger partial charge in [-0.1, -0.05) is 24.8 Å². The highest BCUT2D eigenvalue weighted by Crippen LogP contribution is 2.34. The van der Waals surface area contributed by atoms with Crippen LogP contribution in [0.5, 0.6) is 0 Å². The second-order valence-corrected chi connectivity index (χ2v) is 5.90. The van der Waals surface area contributed by atoms with Gasteiger partial charge in [0.2, 0.25) is 0 Å². The topological polar surface area (TPSA) is 76.0 Å². The molecule has 0 aliphatic carbocycles. The van der Waals surface area contributed by atoms with Gasteiger partial charge in [0.15, 0.2) is 5.16 Å². The third-order valence-corrected chi connectivity index (χ3v) is 4.30. The lowest BCUT2D eigenvalue weighted by atomic mass is 10.1. The summed E-state index contributed by atoms with van der Waals surface area (Å²) in [5.74, 6) is -0.864. The van der Waals surface area contributed by atoms with E-state index in [1.165, 1.54) is 0 Å². The highest BCUT2D eigenvalue weighted by atomic mass is 32.2. The molecule has 0 radical (unpaired) electrons. The summed E-state index contributed by atoms with van der Waals surface area (Å²) in [5.41, 5.74) is 1.43. The first kappa shape index (κ1) is 14.5. The molecule has 0 saturated heterocycles. The highest BCUT2D eigenvalue weighted by Gasteiger charge is 2.33. The highest BCUT2D eigenvalue weighted by molar-refractivity contribution is 8.01. The number of hydrogen-bond acceptors (Lipinski definition) is 5. The Hall–Kier alpha value is -1.95. The van der Waals surface area contributed by atoms with Crippen molar-refractivity contribution in [1.29, 1.82) is 0 Å². The number of aromatic nitrogens is 3. The molecule has 1 N–H and O–H groups in total. The predicted octanol–water partition coefficient (Wildman–Crippen LogP) is 2.88. The Labute approximate surface area is 121 Å². The Morgan fingerprint density at radius 1 is 1.25 bits per heavy atom. The van der Waals surface area contributed by atoms with E-state index in [4.69, 9.17) is 0 Å². The van der Waals surface area contributed by atoms with Gasteiger partial charge in [-0.25, -0.2) is 9.97 Å². The molecule has 0 amide bonds. The van der Waals surface area contributed by atoms with Crippen LogP contribution < -0.4 is 0 Å². The van der Waals surface area contributed by atoms with E-state index in [0.717, 1.165) is 17.5 Å². The predicted molar refractivity (Wildman–Crippen MR) is 77.5 cm³/mol. The van der Waals surface area contributed by atoms with Crippen molar-refractivity contribution < 1.29 is 9.90 Å². The normalized spacial score (nSPS) is 13.7. The molecule has 6 heteroatoms. The number of thioether (sulfide) groups is 1. The standard InChI is InChI=1S/C14H15N3O2S/c1-3-14(2,12(18)19)20-13-16-9-7-11(17-13)10-6-4-5-8-15-10/h4-9H,3H2,1-2H3,(H,18,19). The van der Waals surface area contributed by atoms with Crippen molar-refractivity contribution in [3.63, 3.8) is 0 Å². The van der Waals surface area contributed by atoms with Crippen LogP contribution >= 0.6 is 11.8 Å². The first-order chi connectivity index (χ1) is 9.55. The fraction of sp³-hybridized carbons (Fsp3) is 0.286. The monoisotopic (exact) mass is 289 g/mol. The number of rotatable bonds is 5. The number of nitrogens with zero attached hydrogens (tertiary/aromatic N) is 3. The summed E-state index contributed by atoms with van der Waals surface area (Å²) in [6, 6.07) is 7.33. The van der Waals surface area contributed by atoms with Crippen molar-refractivity contribution >= 4 is 17.7 Å². The van der Waals surface area contributed by atoms with Crippen molar-refractivity contribution in [3.8, 4) is 11.4 Å². The summed E-state index contributed by atoms with van der Waals surface area (Å²) >= 11 is 1.16. The lowest BCUT2D eigenvalue weighted by Crippen LogP contribution is -2.30. The second kappa shape index (κ2) is 6.00. The van der Waals surface area contributed by atoms with Crippen LogP contribution in [0.15, 0.2) is 41.8 Å². The van der Waals surface area contributed by atoms with Crippen molar-refractivity contribution in [2.75, 3.05) is 0 Å². The molecule has 2 rings (SSSR count). The summed E-state index contributed by atoms with van der Waals surface area (Å²) in [7, 11) is 0. The van der Waals surface area contributed by atoms with Crippen molar-refractivity contribution in [2.24, 2.45) is 0 Å². The van der Waals surface area contributed by atoms with Gasteiger partial charge < -0.3 is 5.11 Å². The molecule has 0 bridgehead atoms. The average molecular weight is 289 g/mol. The number of aliphatic carboxylic acids is 1. The van der Waals surface area contributed by atoms with E-state index in [-0.39, 0.29) is 0 Å². The van der Waals surface area contributed by atoms with Crippen LogP contribution in [0.4, 0.5) is 0 Å². The van der Waals surface area contributed by atoms with Gasteiger partial charge in [0, 0.05) is 12.4 Å². The van der Waals surface area contributed by atoms with Crippen molar-refractivity contribution in [2.45, 2.75) is 30.2 Å². The Bertz CT molecular complexity index is 606. The largest absolute Gasteiger partial charge is 0.480 e. The van der Waals surface area contributed by atoms with E-state index in [0.29, 0.717) is 17.3 Å². The van der Waals surface area contributed by atoms with E-state index in [9.17, 15) is 9.90 Å². The molecule has 0 aromatic carbocycles. The maximum Gasteiger partial charge on any atom is 0.319 e.